The van der Waals surface area contributed by atoms with Crippen molar-refractivity contribution >= 4 is 11.3 Å². The average Bonchev–Trinajstić information content (AvgIpc) is 3.09. The molecule has 32 heavy (non-hydrogen) atoms. The number of aromatic nitrogens is 2. The minimum absolute atomic E-state index is 0.141. The molecular weight excluding hydrogens is 404 g/mol. The Morgan fingerprint density at radius 3 is 1.97 bits per heavy atom. The minimum atomic E-state index is -0.356. The fourth-order valence-electron chi connectivity index (χ4n) is 3.40. The topological polar surface area (TPSA) is 92.1 Å². The van der Waals surface area contributed by atoms with Crippen molar-refractivity contribution in [1.29, 1.82) is 0 Å². The lowest BCUT2D eigenvalue weighted by atomic mass is 10.1. The smallest absolute Gasteiger partial charge is 0.283 e. The van der Waals surface area contributed by atoms with Crippen LogP contribution in [-0.2, 0) is 0 Å². The van der Waals surface area contributed by atoms with Gasteiger partial charge in [-0.15, -0.1) is 0 Å². The zero-order valence-corrected chi connectivity index (χ0v) is 17.5. The summed E-state index contributed by atoms with van der Waals surface area (Å²) in [4.78, 5) is 13.5. The van der Waals surface area contributed by atoms with Gasteiger partial charge in [0.2, 0.25) is 5.88 Å². The zero-order valence-electron chi connectivity index (χ0n) is 17.5. The molecule has 7 nitrogen and oxygen atoms in total. The van der Waals surface area contributed by atoms with Crippen LogP contribution in [-0.4, -0.2) is 19.6 Å². The molecule has 2 N–H and O–H groups in total. The number of rotatable bonds is 6. The summed E-state index contributed by atoms with van der Waals surface area (Å²) in [6, 6.07) is 24.7. The van der Waals surface area contributed by atoms with E-state index < -0.39 is 0 Å². The predicted molar refractivity (Wildman–Crippen MR) is 124 cm³/mol. The molecule has 0 bridgehead atoms. The van der Waals surface area contributed by atoms with Crippen LogP contribution in [0.1, 0.15) is 18.9 Å². The molecule has 0 saturated carbocycles. The summed E-state index contributed by atoms with van der Waals surface area (Å²) in [6.45, 7) is 1.88. The third kappa shape index (κ3) is 4.09. The number of allylic oxidation sites excluding steroid dienone is 1. The van der Waals surface area contributed by atoms with E-state index in [4.69, 9.17) is 0 Å². The fourth-order valence-corrected chi connectivity index (χ4v) is 3.40. The van der Waals surface area contributed by atoms with Crippen molar-refractivity contribution < 1.29 is 10.2 Å². The van der Waals surface area contributed by atoms with E-state index in [0.29, 0.717) is 29.1 Å². The molecule has 0 amide bonds. The van der Waals surface area contributed by atoms with Gasteiger partial charge in [-0.05, 0) is 60.5 Å². The molecule has 7 heteroatoms. The van der Waals surface area contributed by atoms with Crippen molar-refractivity contribution in [2.75, 3.05) is 0 Å². The van der Waals surface area contributed by atoms with E-state index in [2.05, 4.69) is 10.2 Å². The van der Waals surface area contributed by atoms with Gasteiger partial charge in [0, 0.05) is 0 Å². The molecule has 4 aromatic rings. The van der Waals surface area contributed by atoms with Crippen molar-refractivity contribution in [2.45, 2.75) is 13.3 Å². The molecule has 4 rings (SSSR count). The van der Waals surface area contributed by atoms with Crippen LogP contribution in [0.5, 0.6) is 11.6 Å². The van der Waals surface area contributed by atoms with Gasteiger partial charge < -0.3 is 10.2 Å². The van der Waals surface area contributed by atoms with Gasteiger partial charge in [0.25, 0.3) is 5.56 Å². The predicted octanol–water partition coefficient (Wildman–Crippen LogP) is 5.57. The molecule has 0 unspecified atom stereocenters. The molecule has 1 aromatic heterocycles. The first kappa shape index (κ1) is 20.9. The van der Waals surface area contributed by atoms with Crippen LogP contribution >= 0.6 is 0 Å². The lowest BCUT2D eigenvalue weighted by Gasteiger charge is -2.12. The number of hydrogen-bond acceptors (Lipinski definition) is 5. The summed E-state index contributed by atoms with van der Waals surface area (Å²) >= 11 is 0. The maximum atomic E-state index is 13.5. The summed E-state index contributed by atoms with van der Waals surface area (Å²) in [5, 5.41) is 28.7. The van der Waals surface area contributed by atoms with Crippen molar-refractivity contribution in [1.82, 2.24) is 9.36 Å². The van der Waals surface area contributed by atoms with Crippen LogP contribution in [0.3, 0.4) is 0 Å². The van der Waals surface area contributed by atoms with E-state index >= 15 is 0 Å². The van der Waals surface area contributed by atoms with E-state index in [-0.39, 0.29) is 22.8 Å². The van der Waals surface area contributed by atoms with Crippen LogP contribution in [0.15, 0.2) is 106 Å². The van der Waals surface area contributed by atoms with Crippen LogP contribution < -0.4 is 5.56 Å². The second kappa shape index (κ2) is 9.18. The highest BCUT2D eigenvalue weighted by molar-refractivity contribution is 5.69. The number of benzene rings is 3. The number of azo groups is 1. The Bertz CT molecular complexity index is 1320. The van der Waals surface area contributed by atoms with Crippen molar-refractivity contribution in [3.05, 3.63) is 107 Å². The number of aromatic hydroxyl groups is 2. The Kier molecular flexibility index (Phi) is 5.98. The highest BCUT2D eigenvalue weighted by Crippen LogP contribution is 2.29. The van der Waals surface area contributed by atoms with E-state index in [9.17, 15) is 15.0 Å². The van der Waals surface area contributed by atoms with Crippen LogP contribution in [0.2, 0.25) is 0 Å². The van der Waals surface area contributed by atoms with Gasteiger partial charge in [0.1, 0.15) is 11.3 Å². The van der Waals surface area contributed by atoms with Gasteiger partial charge in [0.15, 0.2) is 0 Å². The second-order valence-corrected chi connectivity index (χ2v) is 7.04. The highest BCUT2D eigenvalue weighted by atomic mass is 16.3. The summed E-state index contributed by atoms with van der Waals surface area (Å²) in [5.74, 6) is -0.0274. The Morgan fingerprint density at radius 2 is 1.41 bits per heavy atom. The SMILES string of the molecule is CCC(=CN=Nc1ccc(O)cc1)c1c(O)n(-c2ccccc2)n(-c2ccccc2)c1=O. The summed E-state index contributed by atoms with van der Waals surface area (Å²) in [7, 11) is 0. The first-order valence-corrected chi connectivity index (χ1v) is 10.2. The number of para-hydroxylation sites is 2. The molecule has 0 aliphatic rings. The maximum Gasteiger partial charge on any atom is 0.283 e. The zero-order chi connectivity index (χ0) is 22.5. The molecule has 0 spiro atoms. The van der Waals surface area contributed by atoms with Gasteiger partial charge in [-0.1, -0.05) is 43.3 Å². The first-order valence-electron chi connectivity index (χ1n) is 10.2. The number of nitrogens with zero attached hydrogens (tertiary/aromatic N) is 4. The lowest BCUT2D eigenvalue weighted by Crippen LogP contribution is -2.21. The Balaban J connectivity index is 1.86. The lowest BCUT2D eigenvalue weighted by molar-refractivity contribution is 0.424. The van der Waals surface area contributed by atoms with Crippen molar-refractivity contribution in [3.63, 3.8) is 0 Å². The van der Waals surface area contributed by atoms with Crippen molar-refractivity contribution in [3.8, 4) is 23.0 Å². The molecule has 0 aliphatic carbocycles. The molecular formula is C25H22N4O3. The molecule has 0 radical (unpaired) electrons. The van der Waals surface area contributed by atoms with Crippen LogP contribution in [0.25, 0.3) is 16.9 Å². The Hall–Kier alpha value is -4.39. The van der Waals surface area contributed by atoms with Gasteiger partial charge >= 0.3 is 0 Å². The van der Waals surface area contributed by atoms with Crippen molar-refractivity contribution in [2.24, 2.45) is 10.2 Å². The highest BCUT2D eigenvalue weighted by Gasteiger charge is 2.23. The molecule has 1 heterocycles. The average molecular weight is 426 g/mol. The third-order valence-electron chi connectivity index (χ3n) is 4.97. The summed E-state index contributed by atoms with van der Waals surface area (Å²) < 4.78 is 2.94. The Labute approximate surface area is 184 Å². The third-order valence-corrected chi connectivity index (χ3v) is 4.97. The second-order valence-electron chi connectivity index (χ2n) is 7.04. The van der Waals surface area contributed by atoms with Crippen LogP contribution in [0.4, 0.5) is 5.69 Å². The Morgan fingerprint density at radius 1 is 0.844 bits per heavy atom. The van der Waals surface area contributed by atoms with E-state index in [0.717, 1.165) is 0 Å². The van der Waals surface area contributed by atoms with E-state index in [1.807, 2.05) is 67.6 Å². The molecule has 0 saturated heterocycles. The quantitative estimate of drug-likeness (QED) is 0.395. The number of hydrogen-bond donors (Lipinski definition) is 2. The molecule has 0 aliphatic heterocycles. The fraction of sp³-hybridized carbons (Fsp3) is 0.0800. The largest absolute Gasteiger partial charge is 0.508 e. The van der Waals surface area contributed by atoms with Gasteiger partial charge in [-0.3, -0.25) is 4.79 Å². The number of phenolic OH excluding ortho intramolecular Hbond substituents is 1. The van der Waals surface area contributed by atoms with Gasteiger partial charge in [0.05, 0.1) is 23.3 Å². The molecule has 160 valence electrons. The first-order chi connectivity index (χ1) is 15.6. The normalized spacial score (nSPS) is 11.8. The van der Waals surface area contributed by atoms with Gasteiger partial charge in [-0.2, -0.15) is 10.2 Å². The molecule has 0 fully saturated rings. The maximum absolute atomic E-state index is 13.5. The summed E-state index contributed by atoms with van der Waals surface area (Å²) in [5.41, 5.74) is 2.20. The van der Waals surface area contributed by atoms with Crippen LogP contribution in [0, 0.1) is 0 Å². The monoisotopic (exact) mass is 426 g/mol. The van der Waals surface area contributed by atoms with Gasteiger partial charge in [-0.25, -0.2) is 9.36 Å². The number of phenols is 1. The summed E-state index contributed by atoms with van der Waals surface area (Å²) in [6.07, 6.45) is 1.94. The molecule has 0 atom stereocenters. The van der Waals surface area contributed by atoms with E-state index in [1.54, 1.807) is 12.1 Å². The standard InChI is InChI=1S/C25H22N4O3/c1-2-18(17-26-27-19-13-15-22(30)16-14-19)23-24(31)28(20-9-5-3-6-10-20)29(25(23)32)21-11-7-4-8-12-21/h3-17,30-31H,2H2,1H3. The van der Waals surface area contributed by atoms with E-state index in [1.165, 1.54) is 27.7 Å². The molecule has 3 aromatic carbocycles. The minimum Gasteiger partial charge on any atom is -0.508 e.